The Morgan fingerprint density at radius 2 is 2.05 bits per heavy atom. The minimum atomic E-state index is 0.0534. The number of nitrogens with two attached hydrogens (primary N) is 1. The Balaban J connectivity index is 1.80. The van der Waals surface area contributed by atoms with Crippen molar-refractivity contribution in [2.75, 3.05) is 0 Å². The minimum absolute atomic E-state index is 0.0534. The maximum atomic E-state index is 6.31. The van der Waals surface area contributed by atoms with E-state index < -0.39 is 0 Å². The van der Waals surface area contributed by atoms with Gasteiger partial charge in [0.25, 0.3) is 0 Å². The first-order valence-corrected chi connectivity index (χ1v) is 8.16. The second-order valence-electron chi connectivity index (χ2n) is 5.31. The molecule has 110 valence electrons. The predicted octanol–water partition coefficient (Wildman–Crippen LogP) is 2.93. The van der Waals surface area contributed by atoms with Crippen LogP contribution >= 0.6 is 11.3 Å². The van der Waals surface area contributed by atoms with E-state index in [9.17, 15) is 0 Å². The van der Waals surface area contributed by atoms with E-state index in [-0.39, 0.29) is 6.04 Å². The van der Waals surface area contributed by atoms with E-state index in [0.29, 0.717) is 0 Å². The van der Waals surface area contributed by atoms with E-state index in [1.54, 1.807) is 11.3 Å². The van der Waals surface area contributed by atoms with Crippen molar-refractivity contribution in [2.24, 2.45) is 5.73 Å². The lowest BCUT2D eigenvalue weighted by Crippen LogP contribution is -2.27. The summed E-state index contributed by atoms with van der Waals surface area (Å²) in [6, 6.07) is 8.30. The maximum absolute atomic E-state index is 6.31. The molecule has 1 aromatic carbocycles. The molecule has 2 heterocycles. The Morgan fingerprint density at radius 3 is 2.76 bits per heavy atom. The summed E-state index contributed by atoms with van der Waals surface area (Å²) in [6.07, 6.45) is 1.59. The molecule has 5 heteroatoms. The van der Waals surface area contributed by atoms with Crippen molar-refractivity contribution >= 4 is 22.4 Å². The number of rotatable bonds is 5. The Hall–Kier alpha value is -1.72. The molecule has 3 aromatic rings. The highest BCUT2D eigenvalue weighted by Crippen LogP contribution is 2.18. The van der Waals surface area contributed by atoms with Gasteiger partial charge in [0, 0.05) is 36.5 Å². The van der Waals surface area contributed by atoms with Crippen LogP contribution in [0.1, 0.15) is 23.4 Å². The van der Waals surface area contributed by atoms with E-state index in [2.05, 4.69) is 40.1 Å². The average molecular weight is 300 g/mol. The Bertz CT molecular complexity index is 744. The second kappa shape index (κ2) is 5.95. The SMILES string of the molecule is CCn1c(CC(N)Cc2nc(C)cs2)nc2ccccc21. The molecule has 1 unspecified atom stereocenters. The smallest absolute Gasteiger partial charge is 0.111 e. The number of hydrogen-bond donors (Lipinski definition) is 1. The zero-order valence-corrected chi connectivity index (χ0v) is 13.2. The van der Waals surface area contributed by atoms with Crippen molar-refractivity contribution in [1.29, 1.82) is 0 Å². The molecular weight excluding hydrogens is 280 g/mol. The molecule has 0 radical (unpaired) electrons. The Morgan fingerprint density at radius 1 is 1.24 bits per heavy atom. The van der Waals surface area contributed by atoms with Crippen molar-refractivity contribution in [2.45, 2.75) is 39.3 Å². The van der Waals surface area contributed by atoms with Crippen LogP contribution < -0.4 is 5.73 Å². The molecule has 0 saturated carbocycles. The minimum Gasteiger partial charge on any atom is -0.328 e. The topological polar surface area (TPSA) is 56.7 Å². The molecule has 0 saturated heterocycles. The van der Waals surface area contributed by atoms with Crippen molar-refractivity contribution in [3.05, 3.63) is 46.2 Å². The molecule has 0 bridgehead atoms. The van der Waals surface area contributed by atoms with Crippen molar-refractivity contribution in [3.8, 4) is 0 Å². The summed E-state index contributed by atoms with van der Waals surface area (Å²) in [6.45, 7) is 5.08. The predicted molar refractivity (Wildman–Crippen MR) is 87.6 cm³/mol. The van der Waals surface area contributed by atoms with Gasteiger partial charge in [-0.25, -0.2) is 9.97 Å². The number of aromatic nitrogens is 3. The highest BCUT2D eigenvalue weighted by Gasteiger charge is 2.14. The van der Waals surface area contributed by atoms with Crippen molar-refractivity contribution < 1.29 is 0 Å². The monoisotopic (exact) mass is 300 g/mol. The molecule has 21 heavy (non-hydrogen) atoms. The highest BCUT2D eigenvalue weighted by atomic mass is 32.1. The standard InChI is InChI=1S/C16H20N4S/c1-3-20-14-7-5-4-6-13(14)19-15(20)8-12(17)9-16-18-11(2)10-21-16/h4-7,10,12H,3,8-9,17H2,1-2H3. The van der Waals surface area contributed by atoms with Gasteiger partial charge in [0.1, 0.15) is 5.82 Å². The number of hydrogen-bond acceptors (Lipinski definition) is 4. The maximum Gasteiger partial charge on any atom is 0.111 e. The zero-order chi connectivity index (χ0) is 14.8. The first kappa shape index (κ1) is 14.2. The van der Waals surface area contributed by atoms with Crippen LogP contribution in [0.15, 0.2) is 29.6 Å². The molecule has 0 fully saturated rings. The second-order valence-corrected chi connectivity index (χ2v) is 6.25. The Kier molecular flexibility index (Phi) is 4.03. The fourth-order valence-corrected chi connectivity index (χ4v) is 3.53. The van der Waals surface area contributed by atoms with Gasteiger partial charge in [-0.3, -0.25) is 0 Å². The summed E-state index contributed by atoms with van der Waals surface area (Å²) >= 11 is 1.69. The number of nitrogens with zero attached hydrogens (tertiary/aromatic N) is 3. The van der Waals surface area contributed by atoms with Gasteiger partial charge in [-0.15, -0.1) is 11.3 Å². The summed E-state index contributed by atoms with van der Waals surface area (Å²) in [4.78, 5) is 9.23. The van der Waals surface area contributed by atoms with Gasteiger partial charge in [-0.05, 0) is 26.0 Å². The number of benzene rings is 1. The molecule has 0 aliphatic rings. The third-order valence-corrected chi connectivity index (χ3v) is 4.59. The van der Waals surface area contributed by atoms with Crippen LogP contribution in [0.3, 0.4) is 0 Å². The molecule has 0 amide bonds. The number of aryl methyl sites for hydroxylation is 2. The first-order chi connectivity index (χ1) is 10.2. The highest BCUT2D eigenvalue weighted by molar-refractivity contribution is 7.09. The normalized spacial score (nSPS) is 12.9. The van der Waals surface area contributed by atoms with E-state index in [1.807, 2.05) is 13.0 Å². The molecule has 0 spiro atoms. The van der Waals surface area contributed by atoms with E-state index >= 15 is 0 Å². The fraction of sp³-hybridized carbons (Fsp3) is 0.375. The van der Waals surface area contributed by atoms with Gasteiger partial charge >= 0.3 is 0 Å². The van der Waals surface area contributed by atoms with Crippen LogP contribution in [0.5, 0.6) is 0 Å². The molecule has 0 aliphatic heterocycles. The number of imidazole rings is 1. The van der Waals surface area contributed by atoms with E-state index in [0.717, 1.165) is 41.4 Å². The lowest BCUT2D eigenvalue weighted by atomic mass is 10.1. The summed E-state index contributed by atoms with van der Waals surface area (Å²) < 4.78 is 2.25. The van der Waals surface area contributed by atoms with Gasteiger partial charge in [0.2, 0.25) is 0 Å². The van der Waals surface area contributed by atoms with Crippen LogP contribution in [0, 0.1) is 6.92 Å². The molecule has 4 nitrogen and oxygen atoms in total. The van der Waals surface area contributed by atoms with Crippen LogP contribution in [0.4, 0.5) is 0 Å². The Labute approximate surface area is 128 Å². The molecular formula is C16H20N4S. The van der Waals surface area contributed by atoms with Crippen molar-refractivity contribution in [1.82, 2.24) is 14.5 Å². The van der Waals surface area contributed by atoms with Crippen LogP contribution in [-0.2, 0) is 19.4 Å². The lowest BCUT2D eigenvalue weighted by Gasteiger charge is -2.11. The molecule has 2 aromatic heterocycles. The lowest BCUT2D eigenvalue weighted by molar-refractivity contribution is 0.607. The zero-order valence-electron chi connectivity index (χ0n) is 12.4. The molecule has 1 atom stereocenters. The van der Waals surface area contributed by atoms with Crippen molar-refractivity contribution in [3.63, 3.8) is 0 Å². The first-order valence-electron chi connectivity index (χ1n) is 7.28. The van der Waals surface area contributed by atoms with Gasteiger partial charge in [-0.2, -0.15) is 0 Å². The third kappa shape index (κ3) is 2.99. The molecule has 0 aliphatic carbocycles. The molecule has 2 N–H and O–H groups in total. The number of para-hydroxylation sites is 2. The van der Waals surface area contributed by atoms with Gasteiger partial charge in [0.05, 0.1) is 16.0 Å². The van der Waals surface area contributed by atoms with E-state index in [4.69, 9.17) is 10.7 Å². The molecule has 3 rings (SSSR count). The summed E-state index contributed by atoms with van der Waals surface area (Å²) in [5.41, 5.74) is 9.61. The summed E-state index contributed by atoms with van der Waals surface area (Å²) in [5, 5.41) is 3.18. The number of thiazole rings is 1. The summed E-state index contributed by atoms with van der Waals surface area (Å²) in [7, 11) is 0. The fourth-order valence-electron chi connectivity index (χ4n) is 2.66. The van der Waals surface area contributed by atoms with Gasteiger partial charge in [-0.1, -0.05) is 12.1 Å². The largest absolute Gasteiger partial charge is 0.328 e. The van der Waals surface area contributed by atoms with Gasteiger partial charge < -0.3 is 10.3 Å². The third-order valence-electron chi connectivity index (χ3n) is 3.60. The average Bonchev–Trinajstić information content (AvgIpc) is 3.01. The van der Waals surface area contributed by atoms with Crippen LogP contribution in [0.25, 0.3) is 11.0 Å². The summed E-state index contributed by atoms with van der Waals surface area (Å²) in [5.74, 6) is 1.07. The van der Waals surface area contributed by atoms with Gasteiger partial charge in [0.15, 0.2) is 0 Å². The van der Waals surface area contributed by atoms with E-state index in [1.165, 1.54) is 5.52 Å². The quantitative estimate of drug-likeness (QED) is 0.788. The van der Waals surface area contributed by atoms with Crippen LogP contribution in [0.2, 0.25) is 0 Å². The number of fused-ring (bicyclic) bond motifs is 1. The van der Waals surface area contributed by atoms with Crippen LogP contribution in [-0.4, -0.2) is 20.6 Å².